The Morgan fingerprint density at radius 2 is 0.692 bits per heavy atom. The van der Waals surface area contributed by atoms with Crippen LogP contribution in [0.2, 0.25) is 0 Å². The average Bonchev–Trinajstić information content (AvgIpc) is 3.97. The van der Waals surface area contributed by atoms with Crippen LogP contribution in [-0.4, -0.2) is 14.5 Å². The fourth-order valence-electron chi connectivity index (χ4n) is 10.9. The van der Waals surface area contributed by atoms with Gasteiger partial charge in [0.05, 0.1) is 22.4 Å². The highest BCUT2D eigenvalue weighted by molar-refractivity contribution is 6.12. The minimum atomic E-state index is 0.711. The molecule has 0 saturated carbocycles. The lowest BCUT2D eigenvalue weighted by Crippen LogP contribution is -2.10. The summed E-state index contributed by atoms with van der Waals surface area (Å²) in [6, 6.07) is 100. The van der Waals surface area contributed by atoms with Gasteiger partial charge in [0.1, 0.15) is 0 Å². The number of rotatable bonds is 12. The largest absolute Gasteiger partial charge is 0.310 e. The van der Waals surface area contributed by atoms with Gasteiger partial charge in [0.25, 0.3) is 0 Å². The Morgan fingerprint density at radius 1 is 0.295 bits per heavy atom. The normalized spacial score (nSPS) is 11.3. The van der Waals surface area contributed by atoms with Crippen LogP contribution in [0.15, 0.2) is 279 Å². The molecule has 0 saturated heterocycles. The van der Waals surface area contributed by atoms with Crippen LogP contribution in [0.1, 0.15) is 16.7 Å². The predicted octanol–water partition coefficient (Wildman–Crippen LogP) is 19.8. The van der Waals surface area contributed by atoms with Crippen molar-refractivity contribution in [2.75, 3.05) is 9.80 Å². The van der Waals surface area contributed by atoms with Crippen molar-refractivity contribution in [3.63, 3.8) is 0 Å². The summed E-state index contributed by atoms with van der Waals surface area (Å²) in [7, 11) is 0. The van der Waals surface area contributed by atoms with Crippen LogP contribution in [0.4, 0.5) is 34.1 Å². The van der Waals surface area contributed by atoms with Crippen LogP contribution in [0.3, 0.4) is 0 Å². The summed E-state index contributed by atoms with van der Waals surface area (Å²) < 4.78 is 2.42. The number of fused-ring (bicyclic) bond motifs is 3. The third kappa shape index (κ3) is 9.29. The highest BCUT2D eigenvalue weighted by Crippen LogP contribution is 2.43. The molecule has 2 aromatic heterocycles. The fraction of sp³-hybridized carbons (Fsp3) is 0.0411. The molecule has 2 heterocycles. The lowest BCUT2D eigenvalue weighted by molar-refractivity contribution is 1.18. The van der Waals surface area contributed by atoms with Gasteiger partial charge in [0.2, 0.25) is 0 Å². The van der Waals surface area contributed by atoms with Gasteiger partial charge in [-0.05, 0) is 152 Å². The molecule has 0 spiro atoms. The van der Waals surface area contributed by atoms with E-state index in [0.29, 0.717) is 5.82 Å². The quantitative estimate of drug-likeness (QED) is 0.122. The summed E-state index contributed by atoms with van der Waals surface area (Å²) >= 11 is 0. The highest BCUT2D eigenvalue weighted by atomic mass is 15.1. The summed E-state index contributed by atoms with van der Waals surface area (Å²) in [5, 5.41) is 2.34. The van der Waals surface area contributed by atoms with Gasteiger partial charge in [-0.3, -0.25) is 0 Å². The molecule has 0 N–H and O–H groups in total. The number of hydrogen-bond donors (Lipinski definition) is 0. The first-order valence-corrected chi connectivity index (χ1v) is 26.6. The van der Waals surface area contributed by atoms with Crippen molar-refractivity contribution in [1.82, 2.24) is 14.5 Å². The van der Waals surface area contributed by atoms with Gasteiger partial charge in [-0.25, -0.2) is 9.97 Å². The highest BCUT2D eigenvalue weighted by Gasteiger charge is 2.21. The SMILES string of the molecule is Cc1ccc(N(c2ccccc2)c2ccc3c(c2)c2cc(N(c4ccccc4)c4ccc(C)cc4)ccc2n3-c2ccc(-c3ccc(-c4ccc(-c5cc(-c6ccccc6)nc(-c6ccccc6)n5)cc4)c(C)c3)cc2)cc1. The molecule has 5 nitrogen and oxygen atoms in total. The van der Waals surface area contributed by atoms with Crippen LogP contribution in [0.25, 0.3) is 83.6 Å². The van der Waals surface area contributed by atoms with Gasteiger partial charge < -0.3 is 14.4 Å². The third-order valence-electron chi connectivity index (χ3n) is 14.9. The molecule has 78 heavy (non-hydrogen) atoms. The molecule has 372 valence electrons. The molecule has 0 aliphatic heterocycles. The van der Waals surface area contributed by atoms with Gasteiger partial charge in [-0.15, -0.1) is 0 Å². The Kier molecular flexibility index (Phi) is 12.5. The molecule has 13 aromatic rings. The maximum Gasteiger partial charge on any atom is 0.160 e. The topological polar surface area (TPSA) is 37.2 Å². The van der Waals surface area contributed by atoms with Gasteiger partial charge in [0.15, 0.2) is 5.82 Å². The minimum Gasteiger partial charge on any atom is -0.310 e. The van der Waals surface area contributed by atoms with E-state index in [-0.39, 0.29) is 0 Å². The standard InChI is InChI=1S/C73H55N5/c1-50-24-35-61(36-25-50)76(59-20-12-6-13-21-59)64-41-44-71-67(47-64)68-48-65(77(60-22-14-7-15-23-60)62-37-26-51(2)27-38-62)42-45-72(68)78(71)63-39-32-53(33-40-63)58-34-43-66(52(3)46-58)54-28-30-56(31-29-54)70-49-69(55-16-8-4-9-17-55)74-73(75-70)57-18-10-5-11-19-57/h4-49H,1-3H3. The second-order valence-electron chi connectivity index (χ2n) is 20.1. The first-order valence-electron chi connectivity index (χ1n) is 26.6. The third-order valence-corrected chi connectivity index (χ3v) is 14.9. The predicted molar refractivity (Wildman–Crippen MR) is 327 cm³/mol. The number of aryl methyl sites for hydroxylation is 3. The van der Waals surface area contributed by atoms with Gasteiger partial charge in [-0.2, -0.15) is 0 Å². The summed E-state index contributed by atoms with van der Waals surface area (Å²) in [5.41, 5.74) is 23.2. The molecule has 13 rings (SSSR count). The van der Waals surface area contributed by atoms with Crippen molar-refractivity contribution >= 4 is 55.9 Å². The zero-order valence-corrected chi connectivity index (χ0v) is 43.8. The number of hydrogen-bond acceptors (Lipinski definition) is 4. The van der Waals surface area contributed by atoms with Crippen molar-refractivity contribution in [1.29, 1.82) is 0 Å². The summed E-state index contributed by atoms with van der Waals surface area (Å²) in [6.45, 7) is 6.49. The van der Waals surface area contributed by atoms with E-state index in [4.69, 9.17) is 9.97 Å². The number of nitrogens with zero attached hydrogens (tertiary/aromatic N) is 5. The summed E-state index contributed by atoms with van der Waals surface area (Å²) in [6.07, 6.45) is 0. The Balaban J connectivity index is 0.861. The van der Waals surface area contributed by atoms with E-state index in [2.05, 4.69) is 278 Å². The monoisotopic (exact) mass is 1000 g/mol. The van der Waals surface area contributed by atoms with Crippen LogP contribution < -0.4 is 9.80 Å². The van der Waals surface area contributed by atoms with E-state index >= 15 is 0 Å². The van der Waals surface area contributed by atoms with Gasteiger partial charge in [0, 0.05) is 67.3 Å². The van der Waals surface area contributed by atoms with Crippen molar-refractivity contribution in [3.05, 3.63) is 296 Å². The number of benzene rings is 11. The van der Waals surface area contributed by atoms with Gasteiger partial charge >= 0.3 is 0 Å². The zero-order valence-electron chi connectivity index (χ0n) is 43.8. The van der Waals surface area contributed by atoms with Crippen molar-refractivity contribution in [2.24, 2.45) is 0 Å². The van der Waals surface area contributed by atoms with Crippen LogP contribution in [0.5, 0.6) is 0 Å². The molecular formula is C73H55N5. The average molecular weight is 1000 g/mol. The number of para-hydroxylation sites is 2. The van der Waals surface area contributed by atoms with Crippen LogP contribution in [0, 0.1) is 20.8 Å². The van der Waals surface area contributed by atoms with Gasteiger partial charge in [-0.1, -0.05) is 187 Å². The van der Waals surface area contributed by atoms with E-state index in [1.54, 1.807) is 0 Å². The molecule has 0 fully saturated rings. The van der Waals surface area contributed by atoms with E-state index in [1.165, 1.54) is 38.6 Å². The van der Waals surface area contributed by atoms with E-state index in [1.807, 2.05) is 36.4 Å². The maximum absolute atomic E-state index is 5.07. The lowest BCUT2D eigenvalue weighted by atomic mass is 9.94. The van der Waals surface area contributed by atoms with Crippen LogP contribution >= 0.6 is 0 Å². The smallest absolute Gasteiger partial charge is 0.160 e. The van der Waals surface area contributed by atoms with Crippen molar-refractivity contribution in [3.8, 4) is 61.8 Å². The Bertz CT molecular complexity index is 4030. The van der Waals surface area contributed by atoms with E-state index in [9.17, 15) is 0 Å². The van der Waals surface area contributed by atoms with E-state index in [0.717, 1.165) is 90.1 Å². The van der Waals surface area contributed by atoms with E-state index < -0.39 is 0 Å². The molecule has 0 atom stereocenters. The van der Waals surface area contributed by atoms with Crippen molar-refractivity contribution < 1.29 is 0 Å². The molecular weight excluding hydrogens is 947 g/mol. The zero-order chi connectivity index (χ0) is 52.5. The summed E-state index contributed by atoms with van der Waals surface area (Å²) in [4.78, 5) is 14.8. The molecule has 0 bridgehead atoms. The number of aromatic nitrogens is 3. The van der Waals surface area contributed by atoms with Crippen molar-refractivity contribution in [2.45, 2.75) is 20.8 Å². The minimum absolute atomic E-state index is 0.711. The maximum atomic E-state index is 5.07. The molecule has 5 heteroatoms. The Hall–Kier alpha value is -10.1. The van der Waals surface area contributed by atoms with Crippen LogP contribution in [-0.2, 0) is 0 Å². The molecule has 11 aromatic carbocycles. The second-order valence-corrected chi connectivity index (χ2v) is 20.1. The molecule has 0 aliphatic carbocycles. The first kappa shape index (κ1) is 47.6. The molecule has 0 aliphatic rings. The Labute approximate surface area is 456 Å². The molecule has 0 radical (unpaired) electrons. The Morgan fingerprint density at radius 3 is 1.18 bits per heavy atom. The molecule has 0 unspecified atom stereocenters. The summed E-state index contributed by atoms with van der Waals surface area (Å²) in [5.74, 6) is 0.711. The number of anilines is 6. The second kappa shape index (κ2) is 20.6. The lowest BCUT2D eigenvalue weighted by Gasteiger charge is -2.26. The molecule has 0 amide bonds. The fourth-order valence-corrected chi connectivity index (χ4v) is 10.9. The first-order chi connectivity index (χ1) is 38.4.